The smallest absolute Gasteiger partial charge is 0.274 e. The molecule has 19 heavy (non-hydrogen) atoms. The van der Waals surface area contributed by atoms with E-state index in [-0.39, 0.29) is 27.8 Å². The minimum atomic E-state index is -0.567. The van der Waals surface area contributed by atoms with Crippen LogP contribution in [0.15, 0.2) is 12.1 Å². The van der Waals surface area contributed by atoms with Crippen molar-refractivity contribution >= 4 is 29.1 Å². The number of halogens is 2. The average Bonchev–Trinajstić information content (AvgIpc) is 2.40. The highest BCUT2D eigenvalue weighted by molar-refractivity contribution is 6.34. The van der Waals surface area contributed by atoms with Gasteiger partial charge in [0.2, 0.25) is 0 Å². The van der Waals surface area contributed by atoms with E-state index in [9.17, 15) is 9.90 Å². The van der Waals surface area contributed by atoms with Crippen molar-refractivity contribution in [2.75, 3.05) is 6.54 Å². The normalized spacial score (nSPS) is 21.3. The van der Waals surface area contributed by atoms with Gasteiger partial charge in [-0.3, -0.25) is 4.79 Å². The van der Waals surface area contributed by atoms with Crippen LogP contribution >= 0.6 is 23.2 Å². The van der Waals surface area contributed by atoms with Crippen molar-refractivity contribution in [2.24, 2.45) is 0 Å². The molecule has 0 bridgehead atoms. The Morgan fingerprint density at radius 3 is 2.89 bits per heavy atom. The molecule has 2 unspecified atom stereocenters. The summed E-state index contributed by atoms with van der Waals surface area (Å²) in [5.74, 6) is -0.266. The molecule has 1 saturated heterocycles. The summed E-state index contributed by atoms with van der Waals surface area (Å²) in [6, 6.07) is 2.92. The molecule has 1 fully saturated rings. The van der Waals surface area contributed by atoms with Crippen LogP contribution in [0, 0.1) is 0 Å². The summed E-state index contributed by atoms with van der Waals surface area (Å²) in [4.78, 5) is 18.2. The van der Waals surface area contributed by atoms with Gasteiger partial charge in [0.25, 0.3) is 5.91 Å². The Bertz CT molecular complexity index is 480. The van der Waals surface area contributed by atoms with E-state index in [0.717, 1.165) is 19.3 Å². The standard InChI is InChI=1S/C13H16Cl2N2O2/c1-8(18)10-4-2-3-7-17(10)13(19)12-9(14)5-6-11(15)16-12/h5-6,8,10,18H,2-4,7H2,1H3. The predicted molar refractivity (Wildman–Crippen MR) is 74.6 cm³/mol. The van der Waals surface area contributed by atoms with E-state index in [4.69, 9.17) is 23.2 Å². The average molecular weight is 303 g/mol. The highest BCUT2D eigenvalue weighted by Crippen LogP contribution is 2.25. The molecule has 1 N–H and O–H groups in total. The Morgan fingerprint density at radius 2 is 2.21 bits per heavy atom. The SMILES string of the molecule is CC(O)C1CCCCN1C(=O)c1nc(Cl)ccc1Cl. The Morgan fingerprint density at radius 1 is 1.47 bits per heavy atom. The van der Waals surface area contributed by atoms with Gasteiger partial charge in [-0.15, -0.1) is 0 Å². The molecular formula is C13H16Cl2N2O2. The van der Waals surface area contributed by atoms with Crippen LogP contribution in [-0.4, -0.2) is 39.6 Å². The van der Waals surface area contributed by atoms with E-state index in [1.54, 1.807) is 24.0 Å². The largest absolute Gasteiger partial charge is 0.391 e. The number of pyridine rings is 1. The zero-order chi connectivity index (χ0) is 14.0. The van der Waals surface area contributed by atoms with Gasteiger partial charge in [0.05, 0.1) is 17.2 Å². The molecule has 1 amide bonds. The molecule has 0 saturated carbocycles. The van der Waals surface area contributed by atoms with Gasteiger partial charge in [-0.2, -0.15) is 0 Å². The van der Waals surface area contributed by atoms with Crippen LogP contribution in [0.5, 0.6) is 0 Å². The number of hydrogen-bond donors (Lipinski definition) is 1. The maximum atomic E-state index is 12.5. The lowest BCUT2D eigenvalue weighted by Gasteiger charge is -2.37. The first-order chi connectivity index (χ1) is 9.00. The van der Waals surface area contributed by atoms with Crippen LogP contribution < -0.4 is 0 Å². The highest BCUT2D eigenvalue weighted by Gasteiger charge is 2.32. The van der Waals surface area contributed by atoms with Gasteiger partial charge in [0, 0.05) is 6.54 Å². The third-order valence-electron chi connectivity index (χ3n) is 3.38. The number of carbonyl (C=O) groups excluding carboxylic acids is 1. The van der Waals surface area contributed by atoms with Crippen LogP contribution in [-0.2, 0) is 0 Å². The number of amides is 1. The van der Waals surface area contributed by atoms with E-state index in [1.807, 2.05) is 0 Å². The van der Waals surface area contributed by atoms with Gasteiger partial charge < -0.3 is 10.0 Å². The van der Waals surface area contributed by atoms with Crippen molar-refractivity contribution in [3.63, 3.8) is 0 Å². The monoisotopic (exact) mass is 302 g/mol. The third-order valence-corrected chi connectivity index (χ3v) is 3.90. The summed E-state index contributed by atoms with van der Waals surface area (Å²) in [7, 11) is 0. The van der Waals surface area contributed by atoms with Gasteiger partial charge in [0.1, 0.15) is 10.8 Å². The molecule has 0 aromatic carbocycles. The molecule has 4 nitrogen and oxygen atoms in total. The maximum absolute atomic E-state index is 12.5. The van der Waals surface area contributed by atoms with Crippen molar-refractivity contribution in [2.45, 2.75) is 38.3 Å². The fraction of sp³-hybridized carbons (Fsp3) is 0.538. The van der Waals surface area contributed by atoms with E-state index in [0.29, 0.717) is 6.54 Å². The van der Waals surface area contributed by atoms with E-state index >= 15 is 0 Å². The topological polar surface area (TPSA) is 53.4 Å². The molecule has 2 heterocycles. The van der Waals surface area contributed by atoms with Crippen LogP contribution in [0.25, 0.3) is 0 Å². The Hall–Kier alpha value is -0.840. The van der Waals surface area contributed by atoms with Crippen molar-refractivity contribution < 1.29 is 9.90 Å². The van der Waals surface area contributed by atoms with Crippen molar-refractivity contribution in [1.82, 2.24) is 9.88 Å². The molecular weight excluding hydrogens is 287 g/mol. The number of piperidine rings is 1. The van der Waals surface area contributed by atoms with Gasteiger partial charge in [0.15, 0.2) is 0 Å². The van der Waals surface area contributed by atoms with E-state index in [2.05, 4.69) is 4.98 Å². The fourth-order valence-corrected chi connectivity index (χ4v) is 2.75. The minimum absolute atomic E-state index is 0.154. The zero-order valence-corrected chi connectivity index (χ0v) is 12.2. The first-order valence-electron chi connectivity index (χ1n) is 6.32. The number of rotatable bonds is 2. The fourth-order valence-electron chi connectivity index (χ4n) is 2.42. The zero-order valence-electron chi connectivity index (χ0n) is 10.6. The number of hydrogen-bond acceptors (Lipinski definition) is 3. The predicted octanol–water partition coefficient (Wildman–Crippen LogP) is 2.76. The molecule has 2 atom stereocenters. The first-order valence-corrected chi connectivity index (χ1v) is 7.07. The van der Waals surface area contributed by atoms with Crippen LogP contribution in [0.3, 0.4) is 0 Å². The van der Waals surface area contributed by atoms with Gasteiger partial charge >= 0.3 is 0 Å². The summed E-state index contributed by atoms with van der Waals surface area (Å²) >= 11 is 11.8. The van der Waals surface area contributed by atoms with E-state index < -0.39 is 6.10 Å². The van der Waals surface area contributed by atoms with Crippen molar-refractivity contribution in [1.29, 1.82) is 0 Å². The second kappa shape index (κ2) is 6.07. The Balaban J connectivity index is 2.28. The minimum Gasteiger partial charge on any atom is -0.391 e. The van der Waals surface area contributed by atoms with Crippen LogP contribution in [0.1, 0.15) is 36.7 Å². The molecule has 6 heteroatoms. The molecule has 0 spiro atoms. The number of aliphatic hydroxyl groups excluding tert-OH is 1. The van der Waals surface area contributed by atoms with Gasteiger partial charge in [-0.05, 0) is 38.3 Å². The lowest BCUT2D eigenvalue weighted by molar-refractivity contribution is 0.0276. The molecule has 104 valence electrons. The van der Waals surface area contributed by atoms with Crippen molar-refractivity contribution in [3.8, 4) is 0 Å². The van der Waals surface area contributed by atoms with E-state index in [1.165, 1.54) is 0 Å². The highest BCUT2D eigenvalue weighted by atomic mass is 35.5. The lowest BCUT2D eigenvalue weighted by atomic mass is 9.97. The molecule has 0 radical (unpaired) electrons. The quantitative estimate of drug-likeness (QED) is 0.855. The number of aliphatic hydroxyl groups is 1. The molecule has 2 rings (SSSR count). The molecule has 0 aliphatic carbocycles. The number of carbonyl (C=O) groups is 1. The molecule has 1 aliphatic rings. The summed E-state index contributed by atoms with van der Waals surface area (Å²) < 4.78 is 0. The van der Waals surface area contributed by atoms with Crippen LogP contribution in [0.2, 0.25) is 10.2 Å². The van der Waals surface area contributed by atoms with Gasteiger partial charge in [-0.25, -0.2) is 4.98 Å². The molecule has 1 aromatic heterocycles. The summed E-state index contributed by atoms with van der Waals surface area (Å²) in [6.07, 6.45) is 2.16. The second-order valence-corrected chi connectivity index (χ2v) is 5.56. The summed E-state index contributed by atoms with van der Waals surface area (Å²) in [5, 5.41) is 10.3. The summed E-state index contributed by atoms with van der Waals surface area (Å²) in [5.41, 5.74) is 0.154. The number of likely N-dealkylation sites (tertiary alicyclic amines) is 1. The maximum Gasteiger partial charge on any atom is 0.274 e. The first kappa shape index (κ1) is 14.6. The molecule has 1 aliphatic heterocycles. The lowest BCUT2D eigenvalue weighted by Crippen LogP contribution is -2.49. The van der Waals surface area contributed by atoms with Gasteiger partial charge in [-0.1, -0.05) is 23.2 Å². The number of aromatic nitrogens is 1. The second-order valence-electron chi connectivity index (χ2n) is 4.77. The van der Waals surface area contributed by atoms with Crippen molar-refractivity contribution in [3.05, 3.63) is 28.0 Å². The third kappa shape index (κ3) is 3.19. The molecule has 1 aromatic rings. The number of nitrogens with zero attached hydrogens (tertiary/aromatic N) is 2. The van der Waals surface area contributed by atoms with Crippen LogP contribution in [0.4, 0.5) is 0 Å². The Labute approximate surface area is 122 Å². The Kier molecular flexibility index (Phi) is 4.66. The summed E-state index contributed by atoms with van der Waals surface area (Å²) in [6.45, 7) is 2.31.